The van der Waals surface area contributed by atoms with Gasteiger partial charge in [-0.25, -0.2) is 8.42 Å². The molecule has 1 heterocycles. The van der Waals surface area contributed by atoms with Crippen molar-refractivity contribution in [3.63, 3.8) is 0 Å². The Balaban J connectivity index is 1.87. The SMILES string of the molecule is COc1cc(C)c(C(C)NC(=O)C(C)N(c2ccc3c(c2)OCCO3)S(C)(=O)=O)cc1C(C)C. The molecule has 0 bridgehead atoms. The topological polar surface area (TPSA) is 94.2 Å². The van der Waals surface area contributed by atoms with Crippen molar-refractivity contribution in [2.24, 2.45) is 0 Å². The van der Waals surface area contributed by atoms with Crippen molar-refractivity contribution in [3.05, 3.63) is 47.0 Å². The van der Waals surface area contributed by atoms with Crippen molar-refractivity contribution >= 4 is 21.6 Å². The van der Waals surface area contributed by atoms with Crippen LogP contribution in [0.4, 0.5) is 5.69 Å². The molecule has 2 atom stereocenters. The fourth-order valence-electron chi connectivity index (χ4n) is 4.20. The van der Waals surface area contributed by atoms with Crippen LogP contribution in [0.2, 0.25) is 0 Å². The summed E-state index contributed by atoms with van der Waals surface area (Å²) in [5.41, 5.74) is 3.32. The first-order valence-electron chi connectivity index (χ1n) is 11.3. The molecule has 0 saturated heterocycles. The highest BCUT2D eigenvalue weighted by Crippen LogP contribution is 2.36. The molecule has 1 amide bonds. The molecule has 0 fully saturated rings. The molecule has 0 radical (unpaired) electrons. The van der Waals surface area contributed by atoms with E-state index in [1.165, 1.54) is 0 Å². The summed E-state index contributed by atoms with van der Waals surface area (Å²) in [6.07, 6.45) is 1.08. The van der Waals surface area contributed by atoms with Crippen molar-refractivity contribution in [2.75, 3.05) is 30.9 Å². The van der Waals surface area contributed by atoms with Crippen LogP contribution in [0.1, 0.15) is 56.3 Å². The van der Waals surface area contributed by atoms with E-state index >= 15 is 0 Å². The maximum Gasteiger partial charge on any atom is 0.244 e. The Morgan fingerprint density at radius 1 is 1.03 bits per heavy atom. The highest BCUT2D eigenvalue weighted by molar-refractivity contribution is 7.92. The number of anilines is 1. The normalized spacial score (nSPS) is 14.9. The summed E-state index contributed by atoms with van der Waals surface area (Å²) in [6.45, 7) is 10.4. The van der Waals surface area contributed by atoms with Gasteiger partial charge >= 0.3 is 0 Å². The van der Waals surface area contributed by atoms with Crippen LogP contribution >= 0.6 is 0 Å². The molecule has 1 aliphatic heterocycles. The quantitative estimate of drug-likeness (QED) is 0.603. The van der Waals surface area contributed by atoms with Crippen LogP contribution in [0.25, 0.3) is 0 Å². The molecule has 0 spiro atoms. The summed E-state index contributed by atoms with van der Waals surface area (Å²) in [5.74, 6) is 1.64. The molecule has 1 N–H and O–H groups in total. The highest BCUT2D eigenvalue weighted by Gasteiger charge is 2.31. The van der Waals surface area contributed by atoms with E-state index in [0.29, 0.717) is 30.4 Å². The number of nitrogens with one attached hydrogen (secondary N) is 1. The second-order valence-electron chi connectivity index (χ2n) is 8.90. The third-order valence-corrected chi connectivity index (χ3v) is 7.18. The third kappa shape index (κ3) is 5.41. The lowest BCUT2D eigenvalue weighted by Gasteiger charge is -2.30. The Morgan fingerprint density at radius 2 is 1.68 bits per heavy atom. The van der Waals surface area contributed by atoms with E-state index in [4.69, 9.17) is 14.2 Å². The fourth-order valence-corrected chi connectivity index (χ4v) is 5.37. The van der Waals surface area contributed by atoms with Crippen LogP contribution < -0.4 is 23.8 Å². The van der Waals surface area contributed by atoms with Gasteiger partial charge in [0.2, 0.25) is 15.9 Å². The van der Waals surface area contributed by atoms with Crippen LogP contribution in [0.3, 0.4) is 0 Å². The molecule has 2 unspecified atom stereocenters. The largest absolute Gasteiger partial charge is 0.496 e. The summed E-state index contributed by atoms with van der Waals surface area (Å²) in [6, 6.07) is 7.56. The first-order valence-corrected chi connectivity index (χ1v) is 13.2. The van der Waals surface area contributed by atoms with Crippen LogP contribution in [-0.2, 0) is 14.8 Å². The minimum Gasteiger partial charge on any atom is -0.496 e. The first-order chi connectivity index (χ1) is 15.9. The predicted octanol–water partition coefficient (Wildman–Crippen LogP) is 3.93. The Labute approximate surface area is 202 Å². The van der Waals surface area contributed by atoms with Gasteiger partial charge < -0.3 is 19.5 Å². The van der Waals surface area contributed by atoms with E-state index in [-0.39, 0.29) is 12.0 Å². The molecule has 186 valence electrons. The molecule has 0 aliphatic carbocycles. The standard InChI is InChI=1S/C25H34N2O6S/c1-15(2)20-14-21(16(3)12-23(20)31-6)17(4)26-25(28)18(5)27(34(7,29)30)19-8-9-22-24(13-19)33-11-10-32-22/h8-9,12-15,17-18H,10-11H2,1-7H3,(H,26,28). The Morgan fingerprint density at radius 3 is 2.26 bits per heavy atom. The summed E-state index contributed by atoms with van der Waals surface area (Å²) in [7, 11) is -2.12. The number of hydrogen-bond acceptors (Lipinski definition) is 6. The molecule has 8 nitrogen and oxygen atoms in total. The second-order valence-corrected chi connectivity index (χ2v) is 10.8. The zero-order chi connectivity index (χ0) is 25.2. The van der Waals surface area contributed by atoms with Gasteiger partial charge in [-0.3, -0.25) is 9.10 Å². The van der Waals surface area contributed by atoms with Gasteiger partial charge in [-0.1, -0.05) is 13.8 Å². The second kappa shape index (κ2) is 10.1. The zero-order valence-corrected chi connectivity index (χ0v) is 21.7. The van der Waals surface area contributed by atoms with Crippen molar-refractivity contribution in [2.45, 2.75) is 52.6 Å². The minimum atomic E-state index is -3.76. The van der Waals surface area contributed by atoms with E-state index in [0.717, 1.165) is 33.0 Å². The predicted molar refractivity (Wildman–Crippen MR) is 133 cm³/mol. The van der Waals surface area contributed by atoms with Crippen LogP contribution in [-0.4, -0.2) is 46.9 Å². The van der Waals surface area contributed by atoms with E-state index in [1.807, 2.05) is 26.0 Å². The number of carbonyl (C=O) groups excluding carboxylic acids is 1. The highest BCUT2D eigenvalue weighted by atomic mass is 32.2. The number of rotatable bonds is 8. The van der Waals surface area contributed by atoms with Gasteiger partial charge in [0.05, 0.1) is 25.1 Å². The number of ether oxygens (including phenoxy) is 3. The monoisotopic (exact) mass is 490 g/mol. The van der Waals surface area contributed by atoms with E-state index < -0.39 is 22.0 Å². The number of amides is 1. The van der Waals surface area contributed by atoms with Gasteiger partial charge in [0, 0.05) is 6.07 Å². The average molecular weight is 491 g/mol. The maximum absolute atomic E-state index is 13.2. The summed E-state index contributed by atoms with van der Waals surface area (Å²) >= 11 is 0. The fraction of sp³-hybridized carbons (Fsp3) is 0.480. The lowest BCUT2D eigenvalue weighted by Crippen LogP contribution is -2.48. The average Bonchev–Trinajstić information content (AvgIpc) is 2.77. The third-order valence-electron chi connectivity index (χ3n) is 5.93. The van der Waals surface area contributed by atoms with Gasteiger partial charge in [-0.2, -0.15) is 0 Å². The summed E-state index contributed by atoms with van der Waals surface area (Å²) in [4.78, 5) is 13.2. The van der Waals surface area contributed by atoms with Gasteiger partial charge in [0.15, 0.2) is 11.5 Å². The number of sulfonamides is 1. The number of nitrogens with zero attached hydrogens (tertiary/aromatic N) is 1. The lowest BCUT2D eigenvalue weighted by atomic mass is 9.93. The smallest absolute Gasteiger partial charge is 0.244 e. The molecule has 1 aliphatic rings. The van der Waals surface area contributed by atoms with Crippen LogP contribution in [0.15, 0.2) is 30.3 Å². The molecule has 34 heavy (non-hydrogen) atoms. The molecule has 2 aromatic rings. The minimum absolute atomic E-state index is 0.243. The van der Waals surface area contributed by atoms with Crippen molar-refractivity contribution in [3.8, 4) is 17.2 Å². The molecular formula is C25H34N2O6S. The first kappa shape index (κ1) is 25.7. The molecular weight excluding hydrogens is 456 g/mol. The van der Waals surface area contributed by atoms with Crippen molar-refractivity contribution in [1.29, 1.82) is 0 Å². The maximum atomic E-state index is 13.2. The van der Waals surface area contributed by atoms with Crippen molar-refractivity contribution in [1.82, 2.24) is 5.32 Å². The Hall–Kier alpha value is -2.94. The van der Waals surface area contributed by atoms with E-state index in [1.54, 1.807) is 32.2 Å². The van der Waals surface area contributed by atoms with E-state index in [2.05, 4.69) is 19.2 Å². The molecule has 3 rings (SSSR count). The number of hydrogen-bond donors (Lipinski definition) is 1. The molecule has 2 aromatic carbocycles. The van der Waals surface area contributed by atoms with Gasteiger partial charge in [0.1, 0.15) is 25.0 Å². The number of benzene rings is 2. The van der Waals surface area contributed by atoms with Gasteiger partial charge in [0.25, 0.3) is 0 Å². The number of fused-ring (bicyclic) bond motifs is 1. The van der Waals surface area contributed by atoms with Gasteiger partial charge in [-0.15, -0.1) is 0 Å². The van der Waals surface area contributed by atoms with Crippen LogP contribution in [0, 0.1) is 6.92 Å². The number of carbonyl (C=O) groups is 1. The Kier molecular flexibility index (Phi) is 7.65. The van der Waals surface area contributed by atoms with E-state index in [9.17, 15) is 13.2 Å². The van der Waals surface area contributed by atoms with Gasteiger partial charge in [-0.05, 0) is 67.6 Å². The lowest BCUT2D eigenvalue weighted by molar-refractivity contribution is -0.122. The van der Waals surface area contributed by atoms with Crippen LogP contribution in [0.5, 0.6) is 17.2 Å². The number of methoxy groups -OCH3 is 1. The molecule has 9 heteroatoms. The molecule has 0 aromatic heterocycles. The zero-order valence-electron chi connectivity index (χ0n) is 20.8. The Bertz CT molecular complexity index is 1160. The molecule has 0 saturated carbocycles. The summed E-state index contributed by atoms with van der Waals surface area (Å²) < 4.78 is 43.2. The van der Waals surface area contributed by atoms with Crippen molar-refractivity contribution < 1.29 is 27.4 Å². The number of aryl methyl sites for hydroxylation is 1. The summed E-state index contributed by atoms with van der Waals surface area (Å²) in [5, 5.41) is 2.98.